The van der Waals surface area contributed by atoms with Crippen molar-refractivity contribution < 1.29 is 23.5 Å². The molecular weight excluding hydrogens is 312 g/mol. The molecule has 132 valence electrons. The first-order valence-electron chi connectivity index (χ1n) is 7.95. The summed E-state index contributed by atoms with van der Waals surface area (Å²) in [5.41, 5.74) is 0.156. The van der Waals surface area contributed by atoms with Crippen molar-refractivity contribution in [1.82, 2.24) is 10.6 Å². The quantitative estimate of drug-likeness (QED) is 0.844. The van der Waals surface area contributed by atoms with Crippen molar-refractivity contribution >= 4 is 17.6 Å². The number of nitrogens with one attached hydrogen (secondary N) is 2. The van der Waals surface area contributed by atoms with Gasteiger partial charge in [-0.1, -0.05) is 20.8 Å². The Bertz CT molecular complexity index is 603. The van der Waals surface area contributed by atoms with E-state index >= 15 is 0 Å². The van der Waals surface area contributed by atoms with Crippen molar-refractivity contribution in [3.05, 3.63) is 24.2 Å². The van der Waals surface area contributed by atoms with Gasteiger partial charge in [0.05, 0.1) is 17.9 Å². The fourth-order valence-electron chi connectivity index (χ4n) is 2.57. The molecule has 7 heteroatoms. The SMILES string of the molecule is C[C@@H]1OCC(=O)[C@H]1NC(=O)C(CC(C)(C)C)NC(=O)c1ccoc1. The maximum absolute atomic E-state index is 12.6. The van der Waals surface area contributed by atoms with Gasteiger partial charge >= 0.3 is 0 Å². The molecule has 1 aliphatic heterocycles. The van der Waals surface area contributed by atoms with Crippen LogP contribution in [0.15, 0.2) is 23.0 Å². The summed E-state index contributed by atoms with van der Waals surface area (Å²) in [6.45, 7) is 7.66. The number of ketones is 1. The Morgan fingerprint density at radius 3 is 2.58 bits per heavy atom. The van der Waals surface area contributed by atoms with E-state index in [1.54, 1.807) is 6.92 Å². The van der Waals surface area contributed by atoms with Crippen molar-refractivity contribution in [2.24, 2.45) is 5.41 Å². The van der Waals surface area contributed by atoms with Crippen LogP contribution in [0.25, 0.3) is 0 Å². The standard InChI is InChI=1S/C17H24N2O5/c1-10-14(13(20)9-24-10)19-16(22)12(7-17(2,3)4)18-15(21)11-5-6-23-8-11/h5-6,8,10,12,14H,7,9H2,1-4H3,(H,18,21)(H,19,22)/t10-,12?,14-/m0/s1. The van der Waals surface area contributed by atoms with Gasteiger partial charge in [-0.05, 0) is 24.8 Å². The molecule has 2 rings (SSSR count). The summed E-state index contributed by atoms with van der Waals surface area (Å²) in [4.78, 5) is 36.6. The number of carbonyl (C=O) groups is 3. The minimum absolute atomic E-state index is 0.00255. The molecule has 2 amide bonds. The molecule has 0 aromatic carbocycles. The maximum Gasteiger partial charge on any atom is 0.255 e. The van der Waals surface area contributed by atoms with Crippen molar-refractivity contribution in [3.63, 3.8) is 0 Å². The number of hydrogen-bond donors (Lipinski definition) is 2. The average molecular weight is 336 g/mol. The van der Waals surface area contributed by atoms with Gasteiger partial charge in [0.2, 0.25) is 5.91 Å². The van der Waals surface area contributed by atoms with E-state index < -0.39 is 23.9 Å². The van der Waals surface area contributed by atoms with Crippen LogP contribution in [0.4, 0.5) is 0 Å². The third kappa shape index (κ3) is 4.67. The van der Waals surface area contributed by atoms with Gasteiger partial charge in [-0.3, -0.25) is 14.4 Å². The lowest BCUT2D eigenvalue weighted by Gasteiger charge is -2.27. The van der Waals surface area contributed by atoms with Crippen LogP contribution in [-0.2, 0) is 14.3 Å². The van der Waals surface area contributed by atoms with Crippen molar-refractivity contribution in [2.75, 3.05) is 6.61 Å². The zero-order chi connectivity index (χ0) is 17.9. The highest BCUT2D eigenvalue weighted by atomic mass is 16.5. The van der Waals surface area contributed by atoms with Crippen molar-refractivity contribution in [2.45, 2.75) is 52.3 Å². The summed E-state index contributed by atoms with van der Waals surface area (Å²) in [5.74, 6) is -0.945. The van der Waals surface area contributed by atoms with Gasteiger partial charge in [0.25, 0.3) is 5.91 Å². The predicted molar refractivity (Wildman–Crippen MR) is 86.4 cm³/mol. The molecule has 1 aromatic heterocycles. The van der Waals surface area contributed by atoms with E-state index in [1.165, 1.54) is 18.6 Å². The summed E-state index contributed by atoms with van der Waals surface area (Å²) in [5, 5.41) is 5.42. The summed E-state index contributed by atoms with van der Waals surface area (Å²) in [6, 6.07) is 0.0939. The first-order chi connectivity index (χ1) is 11.2. The van der Waals surface area contributed by atoms with Gasteiger partial charge in [-0.2, -0.15) is 0 Å². The van der Waals surface area contributed by atoms with E-state index in [4.69, 9.17) is 9.15 Å². The van der Waals surface area contributed by atoms with Gasteiger partial charge in [0, 0.05) is 0 Å². The number of ether oxygens (including phenoxy) is 1. The van der Waals surface area contributed by atoms with Gasteiger partial charge in [-0.25, -0.2) is 0 Å². The van der Waals surface area contributed by atoms with Crippen LogP contribution in [0, 0.1) is 5.41 Å². The Morgan fingerprint density at radius 1 is 1.38 bits per heavy atom. The molecule has 1 aliphatic rings. The number of rotatable bonds is 5. The molecule has 24 heavy (non-hydrogen) atoms. The highest BCUT2D eigenvalue weighted by molar-refractivity contribution is 5.98. The Kier molecular flexibility index (Phi) is 5.43. The van der Waals surface area contributed by atoms with Crippen LogP contribution in [0.2, 0.25) is 0 Å². The molecule has 0 saturated carbocycles. The fraction of sp³-hybridized carbons (Fsp3) is 0.588. The van der Waals surface area contributed by atoms with Gasteiger partial charge in [0.15, 0.2) is 5.78 Å². The second-order valence-corrected chi connectivity index (χ2v) is 7.27. The Hall–Kier alpha value is -2.15. The summed E-state index contributed by atoms with van der Waals surface area (Å²) >= 11 is 0. The molecule has 7 nitrogen and oxygen atoms in total. The topological polar surface area (TPSA) is 97.6 Å². The minimum atomic E-state index is -0.756. The summed E-state index contributed by atoms with van der Waals surface area (Å²) in [7, 11) is 0. The molecule has 0 aliphatic carbocycles. The molecule has 2 heterocycles. The highest BCUT2D eigenvalue weighted by Gasteiger charge is 2.36. The van der Waals surface area contributed by atoms with E-state index in [-0.39, 0.29) is 23.9 Å². The highest BCUT2D eigenvalue weighted by Crippen LogP contribution is 2.22. The van der Waals surface area contributed by atoms with E-state index in [2.05, 4.69) is 10.6 Å². The molecule has 3 atom stereocenters. The van der Waals surface area contributed by atoms with Crippen LogP contribution in [0.1, 0.15) is 44.5 Å². The van der Waals surface area contributed by atoms with E-state index in [0.29, 0.717) is 12.0 Å². The largest absolute Gasteiger partial charge is 0.472 e. The van der Waals surface area contributed by atoms with Crippen molar-refractivity contribution in [3.8, 4) is 0 Å². The zero-order valence-corrected chi connectivity index (χ0v) is 14.4. The molecule has 2 N–H and O–H groups in total. The van der Waals surface area contributed by atoms with Gasteiger partial charge < -0.3 is 19.8 Å². The number of furan rings is 1. The van der Waals surface area contributed by atoms with Gasteiger partial charge in [-0.15, -0.1) is 0 Å². The third-order valence-corrected chi connectivity index (χ3v) is 3.82. The lowest BCUT2D eigenvalue weighted by atomic mass is 9.87. The lowest BCUT2D eigenvalue weighted by Crippen LogP contribution is -2.53. The van der Waals surface area contributed by atoms with Crippen LogP contribution >= 0.6 is 0 Å². The number of Topliss-reactive ketones (excluding diaryl/α,β-unsaturated/α-hetero) is 1. The number of carbonyl (C=O) groups excluding carboxylic acids is 3. The number of hydrogen-bond acceptors (Lipinski definition) is 5. The predicted octanol–water partition coefficient (Wildman–Crippen LogP) is 1.29. The zero-order valence-electron chi connectivity index (χ0n) is 14.4. The maximum atomic E-state index is 12.6. The van der Waals surface area contributed by atoms with Crippen LogP contribution in [0.3, 0.4) is 0 Å². The van der Waals surface area contributed by atoms with Crippen LogP contribution < -0.4 is 10.6 Å². The fourth-order valence-corrected chi connectivity index (χ4v) is 2.57. The summed E-state index contributed by atoms with van der Waals surface area (Å²) in [6.07, 6.45) is 2.77. The monoisotopic (exact) mass is 336 g/mol. The second-order valence-electron chi connectivity index (χ2n) is 7.27. The number of amides is 2. The lowest BCUT2D eigenvalue weighted by molar-refractivity contribution is -0.128. The van der Waals surface area contributed by atoms with Crippen LogP contribution in [-0.4, -0.2) is 42.4 Å². The molecule has 1 saturated heterocycles. The average Bonchev–Trinajstić information content (AvgIpc) is 3.10. The van der Waals surface area contributed by atoms with Crippen molar-refractivity contribution in [1.29, 1.82) is 0 Å². The first kappa shape index (κ1) is 18.2. The van der Waals surface area contributed by atoms with E-state index in [0.717, 1.165) is 0 Å². The summed E-state index contributed by atoms with van der Waals surface area (Å²) < 4.78 is 10.1. The van der Waals surface area contributed by atoms with Crippen LogP contribution in [0.5, 0.6) is 0 Å². The third-order valence-electron chi connectivity index (χ3n) is 3.82. The van der Waals surface area contributed by atoms with E-state index in [9.17, 15) is 14.4 Å². The molecular formula is C17H24N2O5. The normalized spacial score (nSPS) is 22.2. The smallest absolute Gasteiger partial charge is 0.255 e. The molecule has 1 unspecified atom stereocenters. The second kappa shape index (κ2) is 7.17. The van der Waals surface area contributed by atoms with E-state index in [1.807, 2.05) is 20.8 Å². The molecule has 0 radical (unpaired) electrons. The Balaban J connectivity index is 2.08. The first-order valence-corrected chi connectivity index (χ1v) is 7.95. The Morgan fingerprint density at radius 2 is 2.08 bits per heavy atom. The molecule has 0 spiro atoms. The molecule has 1 aromatic rings. The minimum Gasteiger partial charge on any atom is -0.472 e. The molecule has 0 bridgehead atoms. The Labute approximate surface area is 141 Å². The molecule has 1 fully saturated rings. The van der Waals surface area contributed by atoms with Gasteiger partial charge in [0.1, 0.15) is 25.0 Å².